The summed E-state index contributed by atoms with van der Waals surface area (Å²) in [4.78, 5) is 22.6. The molecule has 0 atom stereocenters. The van der Waals surface area contributed by atoms with Crippen LogP contribution < -0.4 is 11.1 Å². The van der Waals surface area contributed by atoms with E-state index in [1.807, 2.05) is 28.8 Å². The molecule has 2 aromatic heterocycles. The van der Waals surface area contributed by atoms with Gasteiger partial charge in [0.1, 0.15) is 22.7 Å². The molecule has 2 heterocycles. The van der Waals surface area contributed by atoms with Crippen molar-refractivity contribution in [3.63, 3.8) is 0 Å². The SMILES string of the molecule is CCCCCCNC(=O)c1c(N)n(CCc2ccc(F)cc2)c2nc3ccccc3nc12. The number of aromatic nitrogens is 3. The number of anilines is 1. The maximum absolute atomic E-state index is 13.2. The first-order valence-corrected chi connectivity index (χ1v) is 11.2. The Balaban J connectivity index is 1.68. The van der Waals surface area contributed by atoms with E-state index in [1.54, 1.807) is 12.1 Å². The van der Waals surface area contributed by atoms with Crippen LogP contribution in [0, 0.1) is 5.82 Å². The Kier molecular flexibility index (Phi) is 6.63. The van der Waals surface area contributed by atoms with Crippen molar-refractivity contribution in [1.82, 2.24) is 19.9 Å². The van der Waals surface area contributed by atoms with Gasteiger partial charge in [0.2, 0.25) is 0 Å². The van der Waals surface area contributed by atoms with Crippen LogP contribution in [0.4, 0.5) is 10.2 Å². The standard InChI is InChI=1S/C25H28FN5O/c1-2-3-4-7-15-28-25(32)21-22-24(30-20-9-6-5-8-19(20)29-22)31(23(21)27)16-14-17-10-12-18(26)13-11-17/h5-6,8-13H,2-4,7,14-16,27H2,1H3,(H,28,32). The number of unbranched alkanes of at least 4 members (excludes halogenated alkanes) is 3. The molecule has 32 heavy (non-hydrogen) atoms. The van der Waals surface area contributed by atoms with Crippen LogP contribution in [0.25, 0.3) is 22.2 Å². The van der Waals surface area contributed by atoms with Crippen LogP contribution in [-0.4, -0.2) is 27.0 Å². The minimum atomic E-state index is -0.269. The Hall–Kier alpha value is -3.48. The molecule has 0 aliphatic carbocycles. The van der Waals surface area contributed by atoms with Crippen molar-refractivity contribution in [1.29, 1.82) is 0 Å². The molecule has 4 aromatic rings. The molecule has 0 spiro atoms. The number of para-hydroxylation sites is 2. The second-order valence-corrected chi connectivity index (χ2v) is 7.99. The number of nitrogen functional groups attached to an aromatic ring is 1. The highest BCUT2D eigenvalue weighted by Crippen LogP contribution is 2.28. The molecule has 7 heteroatoms. The number of carbonyl (C=O) groups excluding carboxylic acids is 1. The number of hydrogen-bond donors (Lipinski definition) is 2. The third-order valence-corrected chi connectivity index (χ3v) is 5.67. The zero-order valence-corrected chi connectivity index (χ0v) is 18.3. The van der Waals surface area contributed by atoms with E-state index in [0.29, 0.717) is 47.6 Å². The van der Waals surface area contributed by atoms with Gasteiger partial charge in [0.05, 0.1) is 11.0 Å². The molecule has 0 saturated heterocycles. The zero-order valence-electron chi connectivity index (χ0n) is 18.3. The lowest BCUT2D eigenvalue weighted by molar-refractivity contribution is 0.0955. The maximum Gasteiger partial charge on any atom is 0.257 e. The van der Waals surface area contributed by atoms with Gasteiger partial charge >= 0.3 is 0 Å². The predicted molar refractivity (Wildman–Crippen MR) is 126 cm³/mol. The van der Waals surface area contributed by atoms with Gasteiger partial charge in [0.25, 0.3) is 5.91 Å². The van der Waals surface area contributed by atoms with Gasteiger partial charge in [0, 0.05) is 13.1 Å². The Morgan fingerprint density at radius 3 is 2.47 bits per heavy atom. The number of fused-ring (bicyclic) bond motifs is 2. The number of nitrogens with zero attached hydrogens (tertiary/aromatic N) is 3. The first kappa shape index (κ1) is 21.7. The number of hydrogen-bond acceptors (Lipinski definition) is 4. The fraction of sp³-hybridized carbons (Fsp3) is 0.320. The smallest absolute Gasteiger partial charge is 0.257 e. The van der Waals surface area contributed by atoms with Crippen molar-refractivity contribution in [2.24, 2.45) is 0 Å². The Morgan fingerprint density at radius 1 is 1.03 bits per heavy atom. The third-order valence-electron chi connectivity index (χ3n) is 5.67. The van der Waals surface area contributed by atoms with Gasteiger partial charge in [-0.15, -0.1) is 0 Å². The Bertz CT molecular complexity index is 1230. The molecule has 6 nitrogen and oxygen atoms in total. The van der Waals surface area contributed by atoms with E-state index >= 15 is 0 Å². The van der Waals surface area contributed by atoms with Crippen molar-refractivity contribution < 1.29 is 9.18 Å². The summed E-state index contributed by atoms with van der Waals surface area (Å²) in [5.41, 5.74) is 10.4. The number of benzene rings is 2. The summed E-state index contributed by atoms with van der Waals surface area (Å²) in [6.07, 6.45) is 4.93. The lowest BCUT2D eigenvalue weighted by atomic mass is 10.1. The summed E-state index contributed by atoms with van der Waals surface area (Å²) in [5, 5.41) is 2.99. The van der Waals surface area contributed by atoms with Crippen LogP contribution in [-0.2, 0) is 13.0 Å². The van der Waals surface area contributed by atoms with Crippen molar-refractivity contribution in [2.45, 2.75) is 45.6 Å². The number of halogens is 1. The first-order chi connectivity index (χ1) is 15.6. The molecular weight excluding hydrogens is 405 g/mol. The molecule has 3 N–H and O–H groups in total. The third kappa shape index (κ3) is 4.56. The second kappa shape index (κ2) is 9.77. The van der Waals surface area contributed by atoms with Crippen molar-refractivity contribution in [3.8, 4) is 0 Å². The minimum Gasteiger partial charge on any atom is -0.384 e. The number of nitrogens with one attached hydrogen (secondary N) is 1. The van der Waals surface area contributed by atoms with Crippen LogP contribution in [0.15, 0.2) is 48.5 Å². The van der Waals surface area contributed by atoms with Crippen molar-refractivity contribution in [3.05, 3.63) is 65.5 Å². The second-order valence-electron chi connectivity index (χ2n) is 7.99. The summed E-state index contributed by atoms with van der Waals surface area (Å²) in [7, 11) is 0. The van der Waals surface area contributed by atoms with Crippen molar-refractivity contribution in [2.75, 3.05) is 12.3 Å². The van der Waals surface area contributed by atoms with Gasteiger partial charge in [-0.3, -0.25) is 4.79 Å². The predicted octanol–water partition coefficient (Wildman–Crippen LogP) is 4.86. The number of aryl methyl sites for hydroxylation is 2. The highest BCUT2D eigenvalue weighted by molar-refractivity contribution is 6.10. The molecule has 1 amide bonds. The van der Waals surface area contributed by atoms with Gasteiger partial charge in [-0.2, -0.15) is 0 Å². The zero-order chi connectivity index (χ0) is 22.5. The van der Waals surface area contributed by atoms with Gasteiger partial charge in [-0.1, -0.05) is 50.5 Å². The van der Waals surface area contributed by atoms with Gasteiger partial charge in [-0.05, 0) is 42.7 Å². The molecule has 0 unspecified atom stereocenters. The number of rotatable bonds is 9. The van der Waals surface area contributed by atoms with Crippen LogP contribution in [0.2, 0.25) is 0 Å². The van der Waals surface area contributed by atoms with Gasteiger partial charge < -0.3 is 15.6 Å². The minimum absolute atomic E-state index is 0.228. The molecule has 0 fully saturated rings. The molecule has 4 rings (SSSR count). The fourth-order valence-corrected chi connectivity index (χ4v) is 3.90. The molecule has 0 aliphatic rings. The summed E-state index contributed by atoms with van der Waals surface area (Å²) >= 11 is 0. The molecule has 0 saturated carbocycles. The highest BCUT2D eigenvalue weighted by atomic mass is 19.1. The molecular formula is C25H28FN5O. The normalized spacial score (nSPS) is 11.3. The van der Waals surface area contributed by atoms with E-state index in [-0.39, 0.29) is 11.7 Å². The summed E-state index contributed by atoms with van der Waals surface area (Å²) in [6.45, 7) is 3.26. The van der Waals surface area contributed by atoms with E-state index in [0.717, 1.165) is 36.8 Å². The average Bonchev–Trinajstić information content (AvgIpc) is 3.07. The Labute approximate surface area is 186 Å². The van der Waals surface area contributed by atoms with Crippen LogP contribution in [0.5, 0.6) is 0 Å². The average molecular weight is 434 g/mol. The topological polar surface area (TPSA) is 85.8 Å². The largest absolute Gasteiger partial charge is 0.384 e. The van der Waals surface area contributed by atoms with E-state index in [9.17, 15) is 9.18 Å². The van der Waals surface area contributed by atoms with E-state index in [1.165, 1.54) is 12.1 Å². The molecule has 2 aromatic carbocycles. The van der Waals surface area contributed by atoms with Gasteiger partial charge in [0.15, 0.2) is 5.65 Å². The fourth-order valence-electron chi connectivity index (χ4n) is 3.90. The van der Waals surface area contributed by atoms with Crippen molar-refractivity contribution >= 4 is 33.9 Å². The van der Waals surface area contributed by atoms with E-state index in [2.05, 4.69) is 12.2 Å². The highest BCUT2D eigenvalue weighted by Gasteiger charge is 2.23. The summed E-state index contributed by atoms with van der Waals surface area (Å²) in [5.74, 6) is -0.146. The molecule has 166 valence electrons. The number of nitrogens with two attached hydrogens (primary N) is 1. The molecule has 0 aliphatic heterocycles. The quantitative estimate of drug-likeness (QED) is 0.369. The van der Waals surface area contributed by atoms with Crippen LogP contribution in [0.1, 0.15) is 48.5 Å². The van der Waals surface area contributed by atoms with Crippen LogP contribution >= 0.6 is 0 Å². The van der Waals surface area contributed by atoms with Gasteiger partial charge in [-0.25, -0.2) is 14.4 Å². The number of amides is 1. The lowest BCUT2D eigenvalue weighted by Crippen LogP contribution is -2.25. The lowest BCUT2D eigenvalue weighted by Gasteiger charge is -2.08. The maximum atomic E-state index is 13.2. The summed E-state index contributed by atoms with van der Waals surface area (Å²) in [6, 6.07) is 14.0. The first-order valence-electron chi connectivity index (χ1n) is 11.2. The number of carbonyl (C=O) groups is 1. The monoisotopic (exact) mass is 433 g/mol. The molecule has 0 radical (unpaired) electrons. The Morgan fingerprint density at radius 2 is 1.75 bits per heavy atom. The summed E-state index contributed by atoms with van der Waals surface area (Å²) < 4.78 is 15.1. The van der Waals surface area contributed by atoms with E-state index in [4.69, 9.17) is 15.7 Å². The molecule has 0 bridgehead atoms. The van der Waals surface area contributed by atoms with E-state index < -0.39 is 0 Å². The van der Waals surface area contributed by atoms with Crippen LogP contribution in [0.3, 0.4) is 0 Å².